The molecule has 0 bridgehead atoms. The van der Waals surface area contributed by atoms with Crippen LogP contribution in [0, 0.1) is 11.3 Å². The number of rotatable bonds is 4. The van der Waals surface area contributed by atoms with Crippen molar-refractivity contribution >= 4 is 5.91 Å². The highest BCUT2D eigenvalue weighted by Gasteiger charge is 2.50. The first kappa shape index (κ1) is 13.1. The van der Waals surface area contributed by atoms with Crippen LogP contribution in [0.1, 0.15) is 32.8 Å². The Morgan fingerprint density at radius 2 is 2.00 bits per heavy atom. The van der Waals surface area contributed by atoms with E-state index in [1.54, 1.807) is 6.92 Å². The Morgan fingerprint density at radius 1 is 1.44 bits per heavy atom. The Labute approximate surface area is 108 Å². The topological polar surface area (TPSA) is 49.3 Å². The lowest BCUT2D eigenvalue weighted by atomic mass is 9.96. The number of aliphatic hydroxyl groups is 1. The van der Waals surface area contributed by atoms with Gasteiger partial charge >= 0.3 is 0 Å². The zero-order valence-corrected chi connectivity index (χ0v) is 11.2. The zero-order valence-electron chi connectivity index (χ0n) is 11.2. The fourth-order valence-corrected chi connectivity index (χ4v) is 2.20. The van der Waals surface area contributed by atoms with Crippen molar-refractivity contribution in [3.63, 3.8) is 0 Å². The number of hydrogen-bond acceptors (Lipinski definition) is 2. The molecule has 0 radical (unpaired) electrons. The molecule has 0 aromatic heterocycles. The monoisotopic (exact) mass is 247 g/mol. The summed E-state index contributed by atoms with van der Waals surface area (Å²) < 4.78 is 0. The molecule has 0 saturated heterocycles. The summed E-state index contributed by atoms with van der Waals surface area (Å²) in [6.45, 7) is 6.16. The number of amides is 1. The number of hydrogen-bond donors (Lipinski definition) is 2. The van der Waals surface area contributed by atoms with Crippen molar-refractivity contribution < 1.29 is 9.90 Å². The molecular formula is C15H21NO2. The van der Waals surface area contributed by atoms with Crippen molar-refractivity contribution in [3.8, 4) is 0 Å². The summed E-state index contributed by atoms with van der Waals surface area (Å²) in [5.74, 6) is 0.153. The summed E-state index contributed by atoms with van der Waals surface area (Å²) in [6.07, 6.45) is 0.937. The molecule has 2 atom stereocenters. The lowest BCUT2D eigenvalue weighted by Gasteiger charge is -2.24. The first-order valence-corrected chi connectivity index (χ1v) is 6.38. The van der Waals surface area contributed by atoms with Crippen molar-refractivity contribution in [2.24, 2.45) is 11.3 Å². The van der Waals surface area contributed by atoms with E-state index in [0.717, 1.165) is 12.0 Å². The van der Waals surface area contributed by atoms with Gasteiger partial charge in [0.1, 0.15) is 5.60 Å². The van der Waals surface area contributed by atoms with Crippen molar-refractivity contribution in [1.82, 2.24) is 5.32 Å². The van der Waals surface area contributed by atoms with Gasteiger partial charge in [-0.25, -0.2) is 0 Å². The molecule has 1 unspecified atom stereocenters. The second-order valence-electron chi connectivity index (χ2n) is 6.10. The second kappa shape index (κ2) is 4.39. The van der Waals surface area contributed by atoms with E-state index in [1.807, 2.05) is 30.3 Å². The van der Waals surface area contributed by atoms with Gasteiger partial charge < -0.3 is 10.4 Å². The van der Waals surface area contributed by atoms with Crippen LogP contribution >= 0.6 is 0 Å². The molecule has 2 N–H and O–H groups in total. The van der Waals surface area contributed by atoms with Crippen molar-refractivity contribution in [3.05, 3.63) is 35.9 Å². The highest BCUT2D eigenvalue weighted by Crippen LogP contribution is 2.51. The molecule has 0 heterocycles. The molecule has 1 aliphatic carbocycles. The predicted molar refractivity (Wildman–Crippen MR) is 70.9 cm³/mol. The van der Waals surface area contributed by atoms with E-state index in [0.29, 0.717) is 0 Å². The van der Waals surface area contributed by atoms with Gasteiger partial charge in [0.05, 0.1) is 6.54 Å². The Bertz CT molecular complexity index is 437. The van der Waals surface area contributed by atoms with Gasteiger partial charge in [-0.15, -0.1) is 0 Å². The quantitative estimate of drug-likeness (QED) is 0.855. The van der Waals surface area contributed by atoms with Crippen LogP contribution in [0.3, 0.4) is 0 Å². The van der Waals surface area contributed by atoms with Gasteiger partial charge in [-0.3, -0.25) is 4.79 Å². The molecule has 98 valence electrons. The standard InChI is InChI=1S/C15H21NO2/c1-14(2)9-12(14)13(17)16-10-15(3,18)11-7-5-4-6-8-11/h4-8,12,18H,9-10H2,1-3H3,(H,16,17)/t12-,15?/m1/s1. The molecule has 1 saturated carbocycles. The molecule has 0 spiro atoms. The first-order valence-electron chi connectivity index (χ1n) is 6.38. The maximum atomic E-state index is 11.9. The summed E-state index contributed by atoms with van der Waals surface area (Å²) >= 11 is 0. The molecule has 1 fully saturated rings. The molecular weight excluding hydrogens is 226 g/mol. The normalized spacial score (nSPS) is 24.1. The minimum Gasteiger partial charge on any atom is -0.384 e. The first-order chi connectivity index (χ1) is 8.33. The summed E-state index contributed by atoms with van der Waals surface area (Å²) in [5.41, 5.74) is -0.0705. The molecule has 1 amide bonds. The third-order valence-corrected chi connectivity index (χ3v) is 3.83. The minimum absolute atomic E-state index is 0.0520. The third kappa shape index (κ3) is 2.72. The minimum atomic E-state index is -1.02. The van der Waals surface area contributed by atoms with E-state index < -0.39 is 5.60 Å². The molecule has 2 rings (SSSR count). The fraction of sp³-hybridized carbons (Fsp3) is 0.533. The number of benzene rings is 1. The van der Waals surface area contributed by atoms with Crippen LogP contribution < -0.4 is 5.32 Å². The van der Waals surface area contributed by atoms with E-state index in [2.05, 4.69) is 19.2 Å². The van der Waals surface area contributed by atoms with Gasteiger partial charge in [-0.1, -0.05) is 44.2 Å². The highest BCUT2D eigenvalue weighted by molar-refractivity contribution is 5.82. The Balaban J connectivity index is 1.92. The summed E-state index contributed by atoms with van der Waals surface area (Å²) in [6, 6.07) is 9.41. The van der Waals surface area contributed by atoms with Crippen LogP contribution in [-0.2, 0) is 10.4 Å². The fourth-order valence-electron chi connectivity index (χ4n) is 2.20. The number of carbonyl (C=O) groups is 1. The second-order valence-corrected chi connectivity index (χ2v) is 6.10. The van der Waals surface area contributed by atoms with Crippen LogP contribution in [-0.4, -0.2) is 17.6 Å². The van der Waals surface area contributed by atoms with E-state index >= 15 is 0 Å². The summed E-state index contributed by atoms with van der Waals surface area (Å²) in [4.78, 5) is 11.9. The lowest BCUT2D eigenvalue weighted by Crippen LogP contribution is -2.39. The summed E-state index contributed by atoms with van der Waals surface area (Å²) in [7, 11) is 0. The maximum Gasteiger partial charge on any atom is 0.223 e. The van der Waals surface area contributed by atoms with E-state index in [9.17, 15) is 9.90 Å². The Hall–Kier alpha value is -1.35. The Kier molecular flexibility index (Phi) is 3.20. The molecule has 3 heteroatoms. The molecule has 1 aromatic rings. The van der Waals surface area contributed by atoms with Gasteiger partial charge in [0.15, 0.2) is 0 Å². The maximum absolute atomic E-state index is 11.9. The van der Waals surface area contributed by atoms with Gasteiger partial charge in [0.2, 0.25) is 5.91 Å². The smallest absolute Gasteiger partial charge is 0.223 e. The zero-order chi connectivity index (χ0) is 13.4. The predicted octanol–water partition coefficient (Wildman–Crippen LogP) is 2.06. The largest absolute Gasteiger partial charge is 0.384 e. The van der Waals surface area contributed by atoms with Crippen LogP contribution in [0.4, 0.5) is 0 Å². The molecule has 3 nitrogen and oxygen atoms in total. The van der Waals surface area contributed by atoms with Crippen LogP contribution in [0.25, 0.3) is 0 Å². The van der Waals surface area contributed by atoms with Gasteiger partial charge in [-0.05, 0) is 24.3 Å². The number of nitrogens with one attached hydrogen (secondary N) is 1. The SMILES string of the molecule is CC(O)(CNC(=O)[C@H]1CC1(C)C)c1ccccc1. The van der Waals surface area contributed by atoms with Crippen LogP contribution in [0.5, 0.6) is 0 Å². The average Bonchev–Trinajstić information content (AvgIpc) is 2.97. The molecule has 18 heavy (non-hydrogen) atoms. The Morgan fingerprint density at radius 3 is 2.50 bits per heavy atom. The van der Waals surface area contributed by atoms with Crippen molar-refractivity contribution in [2.75, 3.05) is 6.54 Å². The molecule has 0 aliphatic heterocycles. The van der Waals surface area contributed by atoms with Crippen LogP contribution in [0.15, 0.2) is 30.3 Å². The van der Waals surface area contributed by atoms with Crippen molar-refractivity contribution in [1.29, 1.82) is 0 Å². The van der Waals surface area contributed by atoms with Gasteiger partial charge in [0.25, 0.3) is 0 Å². The average molecular weight is 247 g/mol. The molecule has 1 aliphatic rings. The van der Waals surface area contributed by atoms with E-state index in [4.69, 9.17) is 0 Å². The van der Waals surface area contributed by atoms with Crippen molar-refractivity contribution in [2.45, 2.75) is 32.8 Å². The van der Waals surface area contributed by atoms with Gasteiger partial charge in [-0.2, -0.15) is 0 Å². The third-order valence-electron chi connectivity index (χ3n) is 3.83. The van der Waals surface area contributed by atoms with E-state index in [1.165, 1.54) is 0 Å². The molecule has 1 aromatic carbocycles. The number of carbonyl (C=O) groups excluding carboxylic acids is 1. The summed E-state index contributed by atoms with van der Waals surface area (Å²) in [5, 5.41) is 13.2. The highest BCUT2D eigenvalue weighted by atomic mass is 16.3. The van der Waals surface area contributed by atoms with Gasteiger partial charge in [0, 0.05) is 5.92 Å². The van der Waals surface area contributed by atoms with Crippen LogP contribution in [0.2, 0.25) is 0 Å². The lowest BCUT2D eigenvalue weighted by molar-refractivity contribution is -0.124. The van der Waals surface area contributed by atoms with E-state index in [-0.39, 0.29) is 23.8 Å².